The molecule has 2 saturated heterocycles. The van der Waals surface area contributed by atoms with E-state index >= 15 is 0 Å². The maximum atomic E-state index is 12.6. The number of likely N-dealkylation sites (tertiary alicyclic amines) is 2. The summed E-state index contributed by atoms with van der Waals surface area (Å²) in [6, 6.07) is 0. The zero-order valence-corrected chi connectivity index (χ0v) is 14.8. The summed E-state index contributed by atoms with van der Waals surface area (Å²) >= 11 is 0. The van der Waals surface area contributed by atoms with Gasteiger partial charge in [0.25, 0.3) is 0 Å². The lowest BCUT2D eigenvalue weighted by molar-refractivity contribution is -0.144. The summed E-state index contributed by atoms with van der Waals surface area (Å²) in [5.74, 6) is 0.229. The highest BCUT2D eigenvalue weighted by atomic mass is 16.2. The van der Waals surface area contributed by atoms with Crippen LogP contribution in [0.5, 0.6) is 0 Å². The molecule has 2 aliphatic carbocycles. The van der Waals surface area contributed by atoms with Crippen LogP contribution in [0.15, 0.2) is 12.2 Å². The van der Waals surface area contributed by atoms with Gasteiger partial charge in [0, 0.05) is 13.1 Å². The van der Waals surface area contributed by atoms with Crippen LogP contribution in [-0.2, 0) is 14.4 Å². The summed E-state index contributed by atoms with van der Waals surface area (Å²) in [4.78, 5) is 40.9. The summed E-state index contributed by atoms with van der Waals surface area (Å²) in [5, 5.41) is 2.87. The highest BCUT2D eigenvalue weighted by Crippen LogP contribution is 2.52. The Bertz CT molecular complexity index is 579. The van der Waals surface area contributed by atoms with Crippen molar-refractivity contribution in [3.8, 4) is 0 Å². The molecule has 136 valence electrons. The molecular formula is C19H27N3O3. The van der Waals surface area contributed by atoms with Gasteiger partial charge in [-0.15, -0.1) is 0 Å². The van der Waals surface area contributed by atoms with E-state index in [2.05, 4.69) is 29.3 Å². The van der Waals surface area contributed by atoms with Crippen molar-refractivity contribution in [2.75, 3.05) is 32.7 Å². The van der Waals surface area contributed by atoms with Gasteiger partial charge in [0.15, 0.2) is 0 Å². The van der Waals surface area contributed by atoms with Crippen LogP contribution in [0, 0.1) is 29.6 Å². The average molecular weight is 345 g/mol. The van der Waals surface area contributed by atoms with E-state index < -0.39 is 0 Å². The molecule has 3 fully saturated rings. The quantitative estimate of drug-likeness (QED) is 0.586. The minimum Gasteiger partial charge on any atom is -0.353 e. The Labute approximate surface area is 148 Å². The van der Waals surface area contributed by atoms with Gasteiger partial charge in [-0.1, -0.05) is 19.1 Å². The van der Waals surface area contributed by atoms with Crippen LogP contribution < -0.4 is 5.32 Å². The number of nitrogens with zero attached hydrogens (tertiary/aromatic N) is 2. The fourth-order valence-electron chi connectivity index (χ4n) is 4.96. The number of allylic oxidation sites excluding steroid dienone is 2. The lowest BCUT2D eigenvalue weighted by Crippen LogP contribution is -2.44. The molecule has 1 saturated carbocycles. The molecule has 6 nitrogen and oxygen atoms in total. The molecule has 4 atom stereocenters. The molecule has 4 unspecified atom stereocenters. The van der Waals surface area contributed by atoms with Crippen molar-refractivity contribution in [2.45, 2.75) is 26.2 Å². The number of rotatable bonds is 5. The first-order chi connectivity index (χ1) is 12.0. The van der Waals surface area contributed by atoms with E-state index in [4.69, 9.17) is 0 Å². The maximum Gasteiger partial charge on any atom is 0.240 e. The largest absolute Gasteiger partial charge is 0.353 e. The van der Waals surface area contributed by atoms with Crippen molar-refractivity contribution in [1.82, 2.24) is 15.1 Å². The van der Waals surface area contributed by atoms with Crippen molar-refractivity contribution in [1.29, 1.82) is 0 Å². The van der Waals surface area contributed by atoms with Gasteiger partial charge in [-0.25, -0.2) is 0 Å². The van der Waals surface area contributed by atoms with Crippen LogP contribution in [0.4, 0.5) is 0 Å². The van der Waals surface area contributed by atoms with Crippen molar-refractivity contribution in [3.05, 3.63) is 12.2 Å². The SMILES string of the molecule is CC1CCN(CCNC(=O)CN2C(=O)C3C4C=CC(C4)C3C2=O)CC1. The average Bonchev–Trinajstić information content (AvgIpc) is 3.27. The normalized spacial score (nSPS) is 34.8. The summed E-state index contributed by atoms with van der Waals surface area (Å²) in [6.07, 6.45) is 7.48. The van der Waals surface area contributed by atoms with Crippen LogP contribution in [0.1, 0.15) is 26.2 Å². The minimum atomic E-state index is -0.229. The standard InChI is InChI=1S/C19H27N3O3/c1-12-4-7-21(8-5-12)9-6-20-15(23)11-22-18(24)16-13-2-3-14(10-13)17(16)19(22)25/h2-3,12-14,16-17H,4-11H2,1H3,(H,20,23). The van der Waals surface area contributed by atoms with Gasteiger partial charge in [-0.2, -0.15) is 0 Å². The van der Waals surface area contributed by atoms with Crippen molar-refractivity contribution in [3.63, 3.8) is 0 Å². The summed E-state index contributed by atoms with van der Waals surface area (Å²) < 4.78 is 0. The molecule has 4 rings (SSSR count). The van der Waals surface area contributed by atoms with Crippen LogP contribution in [0.3, 0.4) is 0 Å². The number of amides is 3. The maximum absolute atomic E-state index is 12.6. The highest BCUT2D eigenvalue weighted by Gasteiger charge is 2.59. The number of hydrogen-bond donors (Lipinski definition) is 1. The molecule has 6 heteroatoms. The van der Waals surface area contributed by atoms with Gasteiger partial charge in [-0.3, -0.25) is 19.3 Å². The third-order valence-corrected chi connectivity index (χ3v) is 6.49. The number of hydrogen-bond acceptors (Lipinski definition) is 4. The van der Waals surface area contributed by atoms with Gasteiger partial charge >= 0.3 is 0 Å². The fraction of sp³-hybridized carbons (Fsp3) is 0.737. The molecule has 0 aromatic carbocycles. The zero-order valence-electron chi connectivity index (χ0n) is 14.8. The second kappa shape index (κ2) is 6.56. The van der Waals surface area contributed by atoms with Crippen LogP contribution in [0.25, 0.3) is 0 Å². The lowest BCUT2D eigenvalue weighted by atomic mass is 9.85. The molecule has 0 spiro atoms. The Hall–Kier alpha value is -1.69. The second-order valence-corrected chi connectivity index (χ2v) is 8.14. The van der Waals surface area contributed by atoms with Gasteiger partial charge < -0.3 is 10.2 Å². The molecule has 2 bridgehead atoms. The van der Waals surface area contributed by atoms with Crippen LogP contribution in [-0.4, -0.2) is 60.2 Å². The van der Waals surface area contributed by atoms with Crippen molar-refractivity contribution in [2.24, 2.45) is 29.6 Å². The minimum absolute atomic E-state index is 0.124. The highest BCUT2D eigenvalue weighted by molar-refractivity contribution is 6.08. The number of fused-ring (bicyclic) bond motifs is 5. The van der Waals surface area contributed by atoms with E-state index in [1.165, 1.54) is 17.7 Å². The summed E-state index contributed by atoms with van der Waals surface area (Å²) in [7, 11) is 0. The molecule has 0 aromatic heterocycles. The molecule has 0 aromatic rings. The van der Waals surface area contributed by atoms with Gasteiger partial charge in [-0.05, 0) is 50.1 Å². The molecule has 4 aliphatic rings. The Morgan fingerprint density at radius 1 is 1.12 bits per heavy atom. The summed E-state index contributed by atoms with van der Waals surface area (Å²) in [5.41, 5.74) is 0. The van der Waals surface area contributed by atoms with Crippen LogP contribution in [0.2, 0.25) is 0 Å². The predicted octanol–water partition coefficient (Wildman–Crippen LogP) is 0.642. The number of piperidine rings is 1. The Morgan fingerprint density at radius 3 is 2.32 bits per heavy atom. The molecule has 25 heavy (non-hydrogen) atoms. The summed E-state index contributed by atoms with van der Waals surface area (Å²) in [6.45, 7) is 5.72. The van der Waals surface area contributed by atoms with Crippen LogP contribution >= 0.6 is 0 Å². The Morgan fingerprint density at radius 2 is 1.72 bits per heavy atom. The fourth-order valence-corrected chi connectivity index (χ4v) is 4.96. The molecular weight excluding hydrogens is 318 g/mol. The predicted molar refractivity (Wildman–Crippen MR) is 92.3 cm³/mol. The first-order valence-electron chi connectivity index (χ1n) is 9.57. The third-order valence-electron chi connectivity index (χ3n) is 6.49. The number of nitrogens with one attached hydrogen (secondary N) is 1. The monoisotopic (exact) mass is 345 g/mol. The molecule has 3 amide bonds. The van der Waals surface area contributed by atoms with E-state index in [9.17, 15) is 14.4 Å². The third kappa shape index (κ3) is 3.01. The van der Waals surface area contributed by atoms with E-state index in [0.29, 0.717) is 6.54 Å². The second-order valence-electron chi connectivity index (χ2n) is 8.14. The Balaban J connectivity index is 1.25. The number of carbonyl (C=O) groups excluding carboxylic acids is 3. The molecule has 0 radical (unpaired) electrons. The van der Waals surface area contributed by atoms with Gasteiger partial charge in [0.05, 0.1) is 11.8 Å². The smallest absolute Gasteiger partial charge is 0.240 e. The lowest BCUT2D eigenvalue weighted by Gasteiger charge is -2.30. The van der Waals surface area contributed by atoms with E-state index in [1.807, 2.05) is 0 Å². The number of imide groups is 1. The molecule has 2 aliphatic heterocycles. The first kappa shape index (κ1) is 16.8. The topological polar surface area (TPSA) is 69.7 Å². The number of carbonyl (C=O) groups is 3. The van der Waals surface area contributed by atoms with Gasteiger partial charge in [0.1, 0.15) is 6.54 Å². The van der Waals surface area contributed by atoms with Crippen molar-refractivity contribution < 1.29 is 14.4 Å². The molecule has 2 heterocycles. The molecule has 1 N–H and O–H groups in total. The van der Waals surface area contributed by atoms with Crippen molar-refractivity contribution >= 4 is 17.7 Å². The first-order valence-corrected chi connectivity index (χ1v) is 9.57. The van der Waals surface area contributed by atoms with E-state index in [1.54, 1.807) is 0 Å². The zero-order chi connectivity index (χ0) is 17.6. The van der Waals surface area contributed by atoms with E-state index in [-0.39, 0.29) is 47.9 Å². The Kier molecular flexibility index (Phi) is 4.40. The van der Waals surface area contributed by atoms with Gasteiger partial charge in [0.2, 0.25) is 17.7 Å². The van der Waals surface area contributed by atoms with E-state index in [0.717, 1.165) is 32.0 Å².